The molecule has 0 aromatic carbocycles. The van der Waals surface area contributed by atoms with E-state index in [9.17, 15) is 0 Å². The van der Waals surface area contributed by atoms with Crippen LogP contribution in [0.5, 0.6) is 0 Å². The third-order valence-electron chi connectivity index (χ3n) is 3.07. The lowest BCUT2D eigenvalue weighted by atomic mass is 10.2. The molecular weight excluding hydrogens is 196 g/mol. The van der Waals surface area contributed by atoms with Gasteiger partial charge < -0.3 is 4.90 Å². The number of alkyl halides is 1. The Morgan fingerprint density at radius 1 is 1.36 bits per heavy atom. The van der Waals surface area contributed by atoms with E-state index >= 15 is 0 Å². The lowest BCUT2D eigenvalue weighted by Crippen LogP contribution is -2.40. The first kappa shape index (κ1) is 12.3. The Labute approximate surface area is 93.2 Å². The zero-order chi connectivity index (χ0) is 10.4. The van der Waals surface area contributed by atoms with Gasteiger partial charge in [0.05, 0.1) is 0 Å². The van der Waals surface area contributed by atoms with Gasteiger partial charge in [-0.2, -0.15) is 0 Å². The number of likely N-dealkylation sites (N-methyl/N-ethyl adjacent to an activating group) is 1. The average Bonchev–Trinajstić information content (AvgIpc) is 2.36. The Bertz CT molecular complexity index is 150. The molecular formula is C11H23ClN2. The highest BCUT2D eigenvalue weighted by molar-refractivity contribution is 6.17. The van der Waals surface area contributed by atoms with Crippen LogP contribution in [0.3, 0.4) is 0 Å². The molecule has 1 rings (SSSR count). The fraction of sp³-hybridized carbons (Fsp3) is 1.00. The first-order chi connectivity index (χ1) is 6.77. The monoisotopic (exact) mass is 218 g/mol. The maximum atomic E-state index is 5.74. The molecule has 2 nitrogen and oxygen atoms in total. The quantitative estimate of drug-likeness (QED) is 0.667. The van der Waals surface area contributed by atoms with E-state index in [1.54, 1.807) is 0 Å². The minimum Gasteiger partial charge on any atom is -0.305 e. The topological polar surface area (TPSA) is 6.48 Å². The second-order valence-electron chi connectivity index (χ2n) is 4.26. The van der Waals surface area contributed by atoms with Gasteiger partial charge in [0.15, 0.2) is 0 Å². The fourth-order valence-electron chi connectivity index (χ4n) is 2.24. The van der Waals surface area contributed by atoms with Crippen LogP contribution >= 0.6 is 11.6 Å². The molecule has 1 unspecified atom stereocenters. The van der Waals surface area contributed by atoms with E-state index in [1.165, 1.54) is 39.0 Å². The zero-order valence-corrected chi connectivity index (χ0v) is 10.3. The molecule has 0 aliphatic carbocycles. The summed E-state index contributed by atoms with van der Waals surface area (Å²) >= 11 is 5.74. The molecule has 0 bridgehead atoms. The number of hydrogen-bond acceptors (Lipinski definition) is 2. The predicted octanol–water partition coefficient (Wildman–Crippen LogP) is 2.03. The Balaban J connectivity index is 2.43. The normalized spacial score (nSPS) is 26.4. The van der Waals surface area contributed by atoms with Gasteiger partial charge >= 0.3 is 0 Å². The predicted molar refractivity (Wildman–Crippen MR) is 63.1 cm³/mol. The van der Waals surface area contributed by atoms with Crippen molar-refractivity contribution in [1.82, 2.24) is 9.80 Å². The summed E-state index contributed by atoms with van der Waals surface area (Å²) in [6.07, 6.45) is 3.68. The van der Waals surface area contributed by atoms with Gasteiger partial charge in [-0.25, -0.2) is 0 Å². The minimum absolute atomic E-state index is 0.741. The van der Waals surface area contributed by atoms with E-state index in [1.807, 2.05) is 0 Å². The maximum Gasteiger partial charge on any atom is 0.0235 e. The van der Waals surface area contributed by atoms with Crippen molar-refractivity contribution in [2.75, 3.05) is 39.1 Å². The molecule has 1 aliphatic rings. The van der Waals surface area contributed by atoms with Crippen LogP contribution in [0.25, 0.3) is 0 Å². The molecule has 0 aromatic heterocycles. The Hall–Kier alpha value is 0.210. The van der Waals surface area contributed by atoms with Crippen molar-refractivity contribution < 1.29 is 0 Å². The molecule has 0 aromatic rings. The van der Waals surface area contributed by atoms with E-state index in [-0.39, 0.29) is 0 Å². The summed E-state index contributed by atoms with van der Waals surface area (Å²) in [5.74, 6) is 0.794. The van der Waals surface area contributed by atoms with E-state index < -0.39 is 0 Å². The summed E-state index contributed by atoms with van der Waals surface area (Å²) in [5.41, 5.74) is 0. The van der Waals surface area contributed by atoms with Crippen molar-refractivity contribution in [2.24, 2.45) is 0 Å². The van der Waals surface area contributed by atoms with Crippen molar-refractivity contribution in [1.29, 1.82) is 0 Å². The largest absolute Gasteiger partial charge is 0.305 e. The summed E-state index contributed by atoms with van der Waals surface area (Å²) in [5, 5.41) is 0. The highest BCUT2D eigenvalue weighted by Crippen LogP contribution is 2.12. The van der Waals surface area contributed by atoms with Crippen LogP contribution in [-0.4, -0.2) is 54.9 Å². The van der Waals surface area contributed by atoms with Crippen LogP contribution in [0.1, 0.15) is 26.2 Å². The van der Waals surface area contributed by atoms with E-state index in [0.29, 0.717) is 0 Å². The maximum absolute atomic E-state index is 5.74. The fourth-order valence-corrected chi connectivity index (χ4v) is 2.36. The number of rotatable bonds is 4. The van der Waals surface area contributed by atoms with Crippen LogP contribution in [0.4, 0.5) is 0 Å². The Kier molecular flexibility index (Phi) is 5.83. The summed E-state index contributed by atoms with van der Waals surface area (Å²) in [4.78, 5) is 5.07. The summed E-state index contributed by atoms with van der Waals surface area (Å²) in [6.45, 7) is 7.18. The van der Waals surface area contributed by atoms with Crippen LogP contribution in [0.2, 0.25) is 0 Å². The molecule has 1 atom stereocenters. The molecule has 0 radical (unpaired) electrons. The second kappa shape index (κ2) is 6.65. The molecule has 0 amide bonds. The van der Waals surface area contributed by atoms with Gasteiger partial charge in [-0.3, -0.25) is 4.90 Å². The van der Waals surface area contributed by atoms with E-state index in [2.05, 4.69) is 23.8 Å². The van der Waals surface area contributed by atoms with Gasteiger partial charge in [-0.15, -0.1) is 11.6 Å². The number of hydrogen-bond donors (Lipinski definition) is 0. The zero-order valence-electron chi connectivity index (χ0n) is 9.51. The molecule has 0 spiro atoms. The van der Waals surface area contributed by atoms with Crippen LogP contribution in [0, 0.1) is 0 Å². The highest BCUT2D eigenvalue weighted by atomic mass is 35.5. The first-order valence-electron chi connectivity index (χ1n) is 5.76. The summed E-state index contributed by atoms with van der Waals surface area (Å²) in [6, 6.07) is 0.741. The third kappa shape index (κ3) is 3.76. The van der Waals surface area contributed by atoms with Gasteiger partial charge in [0.1, 0.15) is 0 Å². The lowest BCUT2D eigenvalue weighted by molar-refractivity contribution is 0.184. The molecule has 0 N–H and O–H groups in total. The smallest absolute Gasteiger partial charge is 0.0235 e. The van der Waals surface area contributed by atoms with Crippen molar-refractivity contribution in [2.45, 2.75) is 32.2 Å². The average molecular weight is 219 g/mol. The second-order valence-corrected chi connectivity index (χ2v) is 4.63. The first-order valence-corrected chi connectivity index (χ1v) is 6.30. The molecule has 84 valence electrons. The van der Waals surface area contributed by atoms with E-state index in [0.717, 1.165) is 18.3 Å². The summed E-state index contributed by atoms with van der Waals surface area (Å²) < 4.78 is 0. The van der Waals surface area contributed by atoms with Crippen LogP contribution in [-0.2, 0) is 0 Å². The number of halogens is 1. The molecule has 1 saturated heterocycles. The van der Waals surface area contributed by atoms with Crippen molar-refractivity contribution in [3.8, 4) is 0 Å². The molecule has 14 heavy (non-hydrogen) atoms. The van der Waals surface area contributed by atoms with Gasteiger partial charge in [0, 0.05) is 18.5 Å². The minimum atomic E-state index is 0.741. The Morgan fingerprint density at radius 3 is 2.79 bits per heavy atom. The molecule has 0 saturated carbocycles. The van der Waals surface area contributed by atoms with E-state index in [4.69, 9.17) is 11.6 Å². The highest BCUT2D eigenvalue weighted by Gasteiger charge is 2.20. The van der Waals surface area contributed by atoms with Crippen molar-refractivity contribution in [3.63, 3.8) is 0 Å². The van der Waals surface area contributed by atoms with Crippen LogP contribution in [0.15, 0.2) is 0 Å². The third-order valence-corrected chi connectivity index (χ3v) is 3.34. The standard InChI is InChI=1S/C11H23ClN2/c1-3-11-10-13(2)7-5-9-14(11)8-4-6-12/h11H,3-10H2,1-2H3. The lowest BCUT2D eigenvalue weighted by Gasteiger charge is -2.29. The van der Waals surface area contributed by atoms with Crippen LogP contribution < -0.4 is 0 Å². The molecule has 1 fully saturated rings. The van der Waals surface area contributed by atoms with Gasteiger partial charge in [0.2, 0.25) is 0 Å². The van der Waals surface area contributed by atoms with Crippen molar-refractivity contribution >= 4 is 11.6 Å². The van der Waals surface area contributed by atoms with Gasteiger partial charge in [0.25, 0.3) is 0 Å². The summed E-state index contributed by atoms with van der Waals surface area (Å²) in [7, 11) is 2.23. The Morgan fingerprint density at radius 2 is 2.14 bits per heavy atom. The van der Waals surface area contributed by atoms with Crippen molar-refractivity contribution in [3.05, 3.63) is 0 Å². The number of nitrogens with zero attached hydrogens (tertiary/aromatic N) is 2. The van der Waals surface area contributed by atoms with Gasteiger partial charge in [-0.1, -0.05) is 6.92 Å². The SMILES string of the molecule is CCC1CN(C)CCCN1CCCCl. The van der Waals surface area contributed by atoms with Gasteiger partial charge in [-0.05, 0) is 45.9 Å². The molecule has 3 heteroatoms. The molecule has 1 heterocycles. The molecule has 1 aliphatic heterocycles.